The highest BCUT2D eigenvalue weighted by Gasteiger charge is 2.22. The molecule has 0 amide bonds. The van der Waals surface area contributed by atoms with E-state index < -0.39 is 0 Å². The van der Waals surface area contributed by atoms with E-state index in [2.05, 4.69) is 46.4 Å². The van der Waals surface area contributed by atoms with Gasteiger partial charge in [-0.3, -0.25) is 4.79 Å². The molecule has 4 rings (SSSR count). The maximum Gasteiger partial charge on any atom is 0.253 e. The fraction of sp³-hybridized carbons (Fsp3) is 0.360. The summed E-state index contributed by atoms with van der Waals surface area (Å²) < 4.78 is 5.85. The molecule has 0 bridgehead atoms. The van der Waals surface area contributed by atoms with Crippen molar-refractivity contribution in [3.63, 3.8) is 0 Å². The molecule has 0 aliphatic carbocycles. The topological polar surface area (TPSA) is 57.4 Å². The molecular weight excluding hydrogens is 406 g/mol. The Labute approximate surface area is 188 Å². The van der Waals surface area contributed by atoms with Crippen molar-refractivity contribution < 1.29 is 4.74 Å². The molecule has 5 nitrogen and oxygen atoms in total. The van der Waals surface area contributed by atoms with Crippen LogP contribution in [0.15, 0.2) is 53.3 Å². The Kier molecular flexibility index (Phi) is 6.68. The minimum Gasteiger partial charge on any atom is -0.376 e. The maximum atomic E-state index is 12.9. The summed E-state index contributed by atoms with van der Waals surface area (Å²) in [5, 5.41) is 5.04. The molecule has 1 aromatic heterocycles. The lowest BCUT2D eigenvalue weighted by Gasteiger charge is -2.28. The van der Waals surface area contributed by atoms with E-state index >= 15 is 0 Å². The summed E-state index contributed by atoms with van der Waals surface area (Å²) in [7, 11) is 0. The van der Waals surface area contributed by atoms with Gasteiger partial charge in [-0.1, -0.05) is 42.0 Å². The molecule has 6 heteroatoms. The molecule has 1 aliphatic heterocycles. The number of rotatable bonds is 6. The fourth-order valence-electron chi connectivity index (χ4n) is 4.19. The summed E-state index contributed by atoms with van der Waals surface area (Å²) in [5.41, 5.74) is 4.96. The Bertz CT molecular complexity index is 1120. The Morgan fingerprint density at radius 3 is 2.77 bits per heavy atom. The van der Waals surface area contributed by atoms with E-state index in [4.69, 9.17) is 17.0 Å². The van der Waals surface area contributed by atoms with Crippen molar-refractivity contribution in [1.29, 1.82) is 0 Å². The summed E-state index contributed by atoms with van der Waals surface area (Å²) in [6, 6.07) is 16.4. The fourth-order valence-corrected chi connectivity index (χ4v) is 4.41. The first-order chi connectivity index (χ1) is 15.0. The van der Waals surface area contributed by atoms with Gasteiger partial charge in [0.25, 0.3) is 5.56 Å². The number of fused-ring (bicyclic) bond motifs is 1. The van der Waals surface area contributed by atoms with Crippen LogP contribution in [-0.2, 0) is 17.8 Å². The zero-order chi connectivity index (χ0) is 21.8. The lowest BCUT2D eigenvalue weighted by molar-refractivity contribution is 0.0896. The van der Waals surface area contributed by atoms with Crippen LogP contribution in [-0.4, -0.2) is 34.3 Å². The van der Waals surface area contributed by atoms with Crippen LogP contribution in [0.1, 0.15) is 35.1 Å². The molecule has 3 aromatic rings. The highest BCUT2D eigenvalue weighted by Crippen LogP contribution is 2.20. The number of hydrogen-bond acceptors (Lipinski definition) is 3. The largest absolute Gasteiger partial charge is 0.376 e. The lowest BCUT2D eigenvalue weighted by atomic mass is 10.1. The van der Waals surface area contributed by atoms with Crippen LogP contribution in [0.4, 0.5) is 0 Å². The van der Waals surface area contributed by atoms with Gasteiger partial charge in [-0.25, -0.2) is 0 Å². The highest BCUT2D eigenvalue weighted by atomic mass is 32.1. The number of aryl methyl sites for hydroxylation is 2. The normalized spacial score (nSPS) is 15.9. The van der Waals surface area contributed by atoms with E-state index in [9.17, 15) is 4.79 Å². The summed E-state index contributed by atoms with van der Waals surface area (Å²) in [6.45, 7) is 6.65. The number of benzene rings is 2. The average Bonchev–Trinajstić information content (AvgIpc) is 3.26. The van der Waals surface area contributed by atoms with Gasteiger partial charge in [0, 0.05) is 25.3 Å². The predicted molar refractivity (Wildman–Crippen MR) is 129 cm³/mol. The van der Waals surface area contributed by atoms with Gasteiger partial charge in [0.15, 0.2) is 5.11 Å². The Morgan fingerprint density at radius 1 is 1.23 bits per heavy atom. The van der Waals surface area contributed by atoms with E-state index in [1.807, 2.05) is 31.2 Å². The molecule has 162 valence electrons. The van der Waals surface area contributed by atoms with E-state index in [-0.39, 0.29) is 11.7 Å². The van der Waals surface area contributed by atoms with Crippen molar-refractivity contribution >= 4 is 28.2 Å². The molecule has 2 N–H and O–H groups in total. The third-order valence-corrected chi connectivity index (χ3v) is 6.16. The molecule has 2 aromatic carbocycles. The van der Waals surface area contributed by atoms with Crippen molar-refractivity contribution in [2.75, 3.05) is 13.2 Å². The standard InChI is InChI=1S/C25H29N3O2S/c1-17-11-18(2)23-20(12-17)13-21(24(29)27-23)15-28(16-22-9-6-10-30-22)25(31)26-14-19-7-4-3-5-8-19/h3-5,7-8,11-13,22H,6,9-10,14-16H2,1-2H3,(H,26,31)(H,27,29)/t22-/m1/s1. The van der Waals surface area contributed by atoms with Crippen LogP contribution in [0.2, 0.25) is 0 Å². The number of aromatic amines is 1. The van der Waals surface area contributed by atoms with Crippen molar-refractivity contribution in [2.45, 2.75) is 45.9 Å². The molecule has 0 spiro atoms. The number of hydrogen-bond donors (Lipinski definition) is 2. The van der Waals surface area contributed by atoms with E-state index in [1.165, 1.54) is 5.56 Å². The SMILES string of the molecule is Cc1cc(C)c2[nH]c(=O)c(CN(C[C@H]3CCCO3)C(=S)NCc3ccccc3)cc2c1. The van der Waals surface area contributed by atoms with Crippen molar-refractivity contribution in [3.05, 3.63) is 81.1 Å². The quantitative estimate of drug-likeness (QED) is 0.569. The van der Waals surface area contributed by atoms with E-state index in [0.717, 1.165) is 41.5 Å². The molecule has 1 aliphatic rings. The van der Waals surface area contributed by atoms with E-state index in [0.29, 0.717) is 30.3 Å². The summed E-state index contributed by atoms with van der Waals surface area (Å²) in [5.74, 6) is 0. The molecule has 1 fully saturated rings. The van der Waals surface area contributed by atoms with Crippen LogP contribution in [0.3, 0.4) is 0 Å². The lowest BCUT2D eigenvalue weighted by Crippen LogP contribution is -2.43. The van der Waals surface area contributed by atoms with Gasteiger partial charge in [-0.15, -0.1) is 0 Å². The van der Waals surface area contributed by atoms with Gasteiger partial charge in [0.1, 0.15) is 0 Å². The van der Waals surface area contributed by atoms with Crippen LogP contribution >= 0.6 is 12.2 Å². The number of nitrogens with one attached hydrogen (secondary N) is 2. The van der Waals surface area contributed by atoms with Crippen LogP contribution in [0.25, 0.3) is 10.9 Å². The molecule has 0 saturated carbocycles. The van der Waals surface area contributed by atoms with Crippen LogP contribution < -0.4 is 10.9 Å². The van der Waals surface area contributed by atoms with Crippen molar-refractivity contribution in [1.82, 2.24) is 15.2 Å². The van der Waals surface area contributed by atoms with E-state index in [1.54, 1.807) is 0 Å². The number of aromatic nitrogens is 1. The second-order valence-electron chi connectivity index (χ2n) is 8.33. The number of thiocarbonyl (C=S) groups is 1. The zero-order valence-electron chi connectivity index (χ0n) is 18.1. The molecule has 31 heavy (non-hydrogen) atoms. The number of ether oxygens (including phenoxy) is 1. The first-order valence-corrected chi connectivity index (χ1v) is 11.2. The Morgan fingerprint density at radius 2 is 2.03 bits per heavy atom. The predicted octanol–water partition coefficient (Wildman–Crippen LogP) is 4.20. The van der Waals surface area contributed by atoms with Gasteiger partial charge >= 0.3 is 0 Å². The zero-order valence-corrected chi connectivity index (χ0v) is 18.9. The van der Waals surface area contributed by atoms with Crippen LogP contribution in [0.5, 0.6) is 0 Å². The van der Waals surface area contributed by atoms with Gasteiger partial charge in [0.05, 0.1) is 18.2 Å². The minimum atomic E-state index is -0.0670. The highest BCUT2D eigenvalue weighted by molar-refractivity contribution is 7.80. The smallest absolute Gasteiger partial charge is 0.253 e. The number of nitrogens with zero attached hydrogens (tertiary/aromatic N) is 1. The van der Waals surface area contributed by atoms with Gasteiger partial charge < -0.3 is 19.9 Å². The monoisotopic (exact) mass is 435 g/mol. The molecule has 1 saturated heterocycles. The van der Waals surface area contributed by atoms with Crippen LogP contribution in [0, 0.1) is 13.8 Å². The summed E-state index contributed by atoms with van der Waals surface area (Å²) in [4.78, 5) is 18.0. The number of pyridine rings is 1. The van der Waals surface area contributed by atoms with Crippen molar-refractivity contribution in [2.24, 2.45) is 0 Å². The molecule has 0 radical (unpaired) electrons. The molecule has 1 atom stereocenters. The number of H-pyrrole nitrogens is 1. The third kappa shape index (κ3) is 5.32. The molecule has 0 unspecified atom stereocenters. The summed E-state index contributed by atoms with van der Waals surface area (Å²) >= 11 is 5.74. The molecular formula is C25H29N3O2S. The first-order valence-electron chi connectivity index (χ1n) is 10.8. The minimum absolute atomic E-state index is 0.0670. The van der Waals surface area contributed by atoms with Gasteiger partial charge in [-0.05, 0) is 67.6 Å². The Balaban J connectivity index is 1.57. The Hall–Kier alpha value is -2.70. The van der Waals surface area contributed by atoms with Crippen molar-refractivity contribution in [3.8, 4) is 0 Å². The molecule has 2 heterocycles. The van der Waals surface area contributed by atoms with Gasteiger partial charge in [0.2, 0.25) is 0 Å². The maximum absolute atomic E-state index is 12.9. The van der Waals surface area contributed by atoms with Gasteiger partial charge in [-0.2, -0.15) is 0 Å². The third-order valence-electron chi connectivity index (χ3n) is 5.75. The second kappa shape index (κ2) is 9.62. The summed E-state index contributed by atoms with van der Waals surface area (Å²) in [6.07, 6.45) is 2.22. The average molecular weight is 436 g/mol. The second-order valence-corrected chi connectivity index (χ2v) is 8.72. The first kappa shape index (κ1) is 21.5.